The topological polar surface area (TPSA) is 54.0 Å². The highest BCUT2D eigenvalue weighted by molar-refractivity contribution is 4.86. The number of hydrogen-bond donors (Lipinski definition) is 2. The van der Waals surface area contributed by atoms with Crippen LogP contribution in [0, 0.1) is 35.5 Å². The summed E-state index contributed by atoms with van der Waals surface area (Å²) < 4.78 is 11.4. The second-order valence-electron chi connectivity index (χ2n) is 12.4. The maximum Gasteiger partial charge on any atom is 0.0578 e. The lowest BCUT2D eigenvalue weighted by molar-refractivity contribution is -0.0000876. The predicted octanol–water partition coefficient (Wildman–Crippen LogP) is 4.72. The van der Waals surface area contributed by atoms with Crippen molar-refractivity contribution >= 4 is 0 Å². The zero-order chi connectivity index (χ0) is 23.8. The van der Waals surface area contributed by atoms with E-state index < -0.39 is 0 Å². The first-order chi connectivity index (χ1) is 16.7. The van der Waals surface area contributed by atoms with Crippen LogP contribution in [0.5, 0.6) is 0 Å². The van der Waals surface area contributed by atoms with Crippen LogP contribution in [0.2, 0.25) is 0 Å². The van der Waals surface area contributed by atoms with Crippen LogP contribution in [0.25, 0.3) is 0 Å². The molecule has 3 saturated carbocycles. The minimum Gasteiger partial charge on any atom is -0.396 e. The summed E-state index contributed by atoms with van der Waals surface area (Å²) >= 11 is 0. The molecule has 0 amide bonds. The fraction of sp³-hybridized carbons (Fsp3) is 1.00. The summed E-state index contributed by atoms with van der Waals surface area (Å²) in [7, 11) is 3.73. The van der Waals surface area contributed by atoms with Gasteiger partial charge in [0.15, 0.2) is 0 Å². The Bertz CT molecular complexity index is 542. The van der Waals surface area contributed by atoms with Gasteiger partial charge < -0.3 is 24.8 Å². The SMILES string of the molecule is COC1CCC(CN(CC2CCC(C3CCNCC3)CC2)CC2CC(CO)CC(OC)C2)CC1. The molecule has 5 nitrogen and oxygen atoms in total. The Kier molecular flexibility index (Phi) is 11.0. The lowest BCUT2D eigenvalue weighted by atomic mass is 9.72. The van der Waals surface area contributed by atoms with Crippen LogP contribution in [-0.4, -0.2) is 75.8 Å². The van der Waals surface area contributed by atoms with E-state index in [-0.39, 0.29) is 0 Å². The molecule has 2 N–H and O–H groups in total. The van der Waals surface area contributed by atoms with E-state index in [0.717, 1.165) is 30.1 Å². The zero-order valence-corrected chi connectivity index (χ0v) is 22.3. The van der Waals surface area contributed by atoms with E-state index in [4.69, 9.17) is 9.47 Å². The first-order valence-electron chi connectivity index (χ1n) is 14.8. The number of hydrogen-bond acceptors (Lipinski definition) is 5. The normalized spacial score (nSPS) is 38.3. The molecule has 34 heavy (non-hydrogen) atoms. The van der Waals surface area contributed by atoms with E-state index >= 15 is 0 Å². The lowest BCUT2D eigenvalue weighted by Crippen LogP contribution is -2.42. The molecule has 3 atom stereocenters. The fourth-order valence-corrected chi connectivity index (χ4v) is 8.02. The van der Waals surface area contributed by atoms with Crippen molar-refractivity contribution in [3.63, 3.8) is 0 Å². The summed E-state index contributed by atoms with van der Waals surface area (Å²) in [5, 5.41) is 13.4. The van der Waals surface area contributed by atoms with E-state index in [1.165, 1.54) is 110 Å². The van der Waals surface area contributed by atoms with Crippen molar-refractivity contribution in [2.75, 3.05) is 53.6 Å². The van der Waals surface area contributed by atoms with Crippen molar-refractivity contribution < 1.29 is 14.6 Å². The number of nitrogens with zero attached hydrogens (tertiary/aromatic N) is 1. The Labute approximate surface area is 209 Å². The quantitative estimate of drug-likeness (QED) is 0.476. The Morgan fingerprint density at radius 1 is 0.618 bits per heavy atom. The van der Waals surface area contributed by atoms with Crippen LogP contribution in [0.4, 0.5) is 0 Å². The van der Waals surface area contributed by atoms with Crippen molar-refractivity contribution in [3.8, 4) is 0 Å². The molecule has 1 heterocycles. The molecule has 4 rings (SSSR count). The average Bonchev–Trinajstić information content (AvgIpc) is 2.89. The van der Waals surface area contributed by atoms with Gasteiger partial charge in [0.1, 0.15) is 0 Å². The van der Waals surface area contributed by atoms with Crippen molar-refractivity contribution in [1.82, 2.24) is 10.2 Å². The monoisotopic (exact) mass is 478 g/mol. The smallest absolute Gasteiger partial charge is 0.0578 e. The second kappa shape index (κ2) is 13.9. The van der Waals surface area contributed by atoms with Crippen LogP contribution < -0.4 is 5.32 Å². The minimum absolute atomic E-state index is 0.318. The highest BCUT2D eigenvalue weighted by Crippen LogP contribution is 2.38. The molecular weight excluding hydrogens is 424 g/mol. The standard InChI is InChI=1S/C29H54N2O3/c1-33-28-9-5-23(6-10-28)19-31(20-24-15-25(21-32)17-29(16-24)34-2)18-22-3-7-26(8-4-22)27-11-13-30-14-12-27/h22-30,32H,3-21H2,1-2H3. The van der Waals surface area contributed by atoms with Crippen molar-refractivity contribution in [2.24, 2.45) is 35.5 Å². The molecule has 1 aliphatic heterocycles. The van der Waals surface area contributed by atoms with E-state index in [2.05, 4.69) is 10.2 Å². The first-order valence-corrected chi connectivity index (χ1v) is 14.8. The molecule has 5 heteroatoms. The van der Waals surface area contributed by atoms with Crippen molar-refractivity contribution in [2.45, 2.75) is 95.7 Å². The van der Waals surface area contributed by atoms with Gasteiger partial charge in [-0.05, 0) is 132 Å². The van der Waals surface area contributed by atoms with Crippen molar-refractivity contribution in [1.29, 1.82) is 0 Å². The number of nitrogens with one attached hydrogen (secondary N) is 1. The van der Waals surface area contributed by atoms with Crippen LogP contribution in [0.3, 0.4) is 0 Å². The van der Waals surface area contributed by atoms with E-state index in [0.29, 0.717) is 30.7 Å². The zero-order valence-electron chi connectivity index (χ0n) is 22.3. The van der Waals surface area contributed by atoms with E-state index in [1.807, 2.05) is 14.2 Å². The van der Waals surface area contributed by atoms with Gasteiger partial charge in [0.25, 0.3) is 0 Å². The summed E-state index contributed by atoms with van der Waals surface area (Å²) in [6.45, 7) is 6.56. The molecule has 0 bridgehead atoms. The Hall–Kier alpha value is -0.200. The van der Waals surface area contributed by atoms with Gasteiger partial charge in [-0.25, -0.2) is 0 Å². The van der Waals surface area contributed by atoms with Gasteiger partial charge in [-0.3, -0.25) is 0 Å². The van der Waals surface area contributed by atoms with Gasteiger partial charge in [-0.2, -0.15) is 0 Å². The van der Waals surface area contributed by atoms with Gasteiger partial charge in [0.05, 0.1) is 12.2 Å². The molecule has 0 aromatic carbocycles. The highest BCUT2D eigenvalue weighted by atomic mass is 16.5. The summed E-state index contributed by atoms with van der Waals surface area (Å²) in [6, 6.07) is 0. The molecule has 3 unspecified atom stereocenters. The van der Waals surface area contributed by atoms with Gasteiger partial charge in [0, 0.05) is 40.5 Å². The number of aliphatic hydroxyl groups is 1. The van der Waals surface area contributed by atoms with Gasteiger partial charge in [-0.1, -0.05) is 0 Å². The molecule has 0 radical (unpaired) electrons. The second-order valence-corrected chi connectivity index (χ2v) is 12.4. The van der Waals surface area contributed by atoms with Crippen LogP contribution in [0.1, 0.15) is 83.5 Å². The molecule has 3 aliphatic carbocycles. The molecule has 0 aromatic rings. The van der Waals surface area contributed by atoms with Crippen LogP contribution in [-0.2, 0) is 9.47 Å². The fourth-order valence-electron chi connectivity index (χ4n) is 8.02. The van der Waals surface area contributed by atoms with Gasteiger partial charge in [0.2, 0.25) is 0 Å². The summed E-state index contributed by atoms with van der Waals surface area (Å²) in [5.41, 5.74) is 0. The number of aliphatic hydroxyl groups excluding tert-OH is 1. The number of methoxy groups -OCH3 is 2. The lowest BCUT2D eigenvalue weighted by Gasteiger charge is -2.41. The Morgan fingerprint density at radius 3 is 1.74 bits per heavy atom. The van der Waals surface area contributed by atoms with Crippen molar-refractivity contribution in [3.05, 3.63) is 0 Å². The predicted molar refractivity (Wildman–Crippen MR) is 139 cm³/mol. The molecule has 4 aliphatic rings. The molecule has 0 spiro atoms. The summed E-state index contributed by atoms with van der Waals surface area (Å²) in [4.78, 5) is 2.87. The van der Waals surface area contributed by atoms with Crippen LogP contribution in [0.15, 0.2) is 0 Å². The minimum atomic E-state index is 0.318. The largest absolute Gasteiger partial charge is 0.396 e. The van der Waals surface area contributed by atoms with E-state index in [9.17, 15) is 5.11 Å². The summed E-state index contributed by atoms with van der Waals surface area (Å²) in [5.74, 6) is 4.76. The number of rotatable bonds is 10. The number of ether oxygens (including phenoxy) is 2. The Morgan fingerprint density at radius 2 is 1.15 bits per heavy atom. The third kappa shape index (κ3) is 7.90. The molecule has 1 saturated heterocycles. The third-order valence-corrected chi connectivity index (χ3v) is 10.1. The summed E-state index contributed by atoms with van der Waals surface area (Å²) in [6.07, 6.45) is 17.9. The third-order valence-electron chi connectivity index (χ3n) is 10.1. The highest BCUT2D eigenvalue weighted by Gasteiger charge is 2.33. The molecule has 198 valence electrons. The van der Waals surface area contributed by atoms with Gasteiger partial charge >= 0.3 is 0 Å². The molecule has 0 aromatic heterocycles. The average molecular weight is 479 g/mol. The van der Waals surface area contributed by atoms with Gasteiger partial charge in [-0.15, -0.1) is 0 Å². The van der Waals surface area contributed by atoms with Crippen LogP contribution >= 0.6 is 0 Å². The Balaban J connectivity index is 1.31. The first kappa shape index (κ1) is 26.9. The number of piperidine rings is 1. The molecular formula is C29H54N2O3. The maximum absolute atomic E-state index is 9.87. The maximum atomic E-state index is 9.87. The van der Waals surface area contributed by atoms with E-state index in [1.54, 1.807) is 0 Å². The molecule has 4 fully saturated rings.